The molecule has 24 heavy (non-hydrogen) atoms. The summed E-state index contributed by atoms with van der Waals surface area (Å²) in [5.41, 5.74) is -0.426. The third-order valence-electron chi connectivity index (χ3n) is 4.49. The number of hydrogen-bond acceptors (Lipinski definition) is 6. The molecule has 0 atom stereocenters. The molecule has 7 nitrogen and oxygen atoms in total. The van der Waals surface area contributed by atoms with Gasteiger partial charge in [0.1, 0.15) is 5.54 Å². The molecule has 4 rings (SSSR count). The van der Waals surface area contributed by atoms with Crippen molar-refractivity contribution < 1.29 is 12.9 Å². The van der Waals surface area contributed by atoms with Crippen LogP contribution >= 0.6 is 15.9 Å². The third kappa shape index (κ3) is 2.59. The number of aromatic nitrogens is 1. The molecule has 1 saturated heterocycles. The molecule has 2 fully saturated rings. The van der Waals surface area contributed by atoms with Crippen LogP contribution in [0, 0.1) is 11.3 Å². The number of sulfonamides is 1. The van der Waals surface area contributed by atoms with Gasteiger partial charge in [-0.3, -0.25) is 0 Å². The molecule has 1 aromatic carbocycles. The number of hydrogen-bond donors (Lipinski definition) is 1. The van der Waals surface area contributed by atoms with Gasteiger partial charge >= 0.3 is 0 Å². The van der Waals surface area contributed by atoms with Crippen molar-refractivity contribution in [2.45, 2.75) is 36.1 Å². The predicted octanol–water partition coefficient (Wildman–Crippen LogP) is 2.52. The Labute approximate surface area is 147 Å². The minimum absolute atomic E-state index is 0.104. The van der Waals surface area contributed by atoms with Crippen molar-refractivity contribution in [2.24, 2.45) is 0 Å². The lowest BCUT2D eigenvalue weighted by Crippen LogP contribution is -2.35. The van der Waals surface area contributed by atoms with Crippen LogP contribution in [0.25, 0.3) is 11.0 Å². The molecule has 9 heteroatoms. The van der Waals surface area contributed by atoms with Crippen LogP contribution in [0.5, 0.6) is 0 Å². The fraction of sp³-hybridized carbons (Fsp3) is 0.467. The molecular formula is C15H15BrN4O3S. The number of nitriles is 1. The van der Waals surface area contributed by atoms with Crippen molar-refractivity contribution in [3.05, 3.63) is 16.6 Å². The molecule has 1 saturated carbocycles. The van der Waals surface area contributed by atoms with E-state index in [1.807, 2.05) is 6.07 Å². The van der Waals surface area contributed by atoms with Gasteiger partial charge in [-0.15, -0.1) is 0 Å². The highest BCUT2D eigenvalue weighted by Gasteiger charge is 2.47. The predicted molar refractivity (Wildman–Crippen MR) is 91.1 cm³/mol. The number of fused-ring (bicyclic) bond motifs is 1. The van der Waals surface area contributed by atoms with Crippen molar-refractivity contribution >= 4 is 42.7 Å². The Kier molecular flexibility index (Phi) is 3.60. The Morgan fingerprint density at radius 2 is 2.04 bits per heavy atom. The largest absolute Gasteiger partial charge is 0.353 e. The van der Waals surface area contributed by atoms with Crippen LogP contribution in [-0.2, 0) is 10.0 Å². The molecule has 1 N–H and O–H groups in total. The van der Waals surface area contributed by atoms with Gasteiger partial charge in [0.2, 0.25) is 10.0 Å². The fourth-order valence-electron chi connectivity index (χ4n) is 2.96. The molecule has 1 aliphatic heterocycles. The van der Waals surface area contributed by atoms with Gasteiger partial charge in [-0.05, 0) is 53.7 Å². The van der Waals surface area contributed by atoms with Gasteiger partial charge in [0.15, 0.2) is 11.4 Å². The maximum absolute atomic E-state index is 12.6. The summed E-state index contributed by atoms with van der Waals surface area (Å²) in [5.74, 6) is 0.668. The van der Waals surface area contributed by atoms with Gasteiger partial charge in [0.25, 0.3) is 0 Å². The Hall–Kier alpha value is -1.63. The summed E-state index contributed by atoms with van der Waals surface area (Å²) in [7, 11) is -3.79. The summed E-state index contributed by atoms with van der Waals surface area (Å²) in [6.45, 7) is 1.76. The molecule has 1 aliphatic carbocycles. The summed E-state index contributed by atoms with van der Waals surface area (Å²) in [6.07, 6.45) is 3.25. The van der Waals surface area contributed by atoms with E-state index >= 15 is 0 Å². The van der Waals surface area contributed by atoms with Crippen molar-refractivity contribution in [3.8, 4) is 6.07 Å². The second-order valence-electron chi connectivity index (χ2n) is 6.28. The van der Waals surface area contributed by atoms with Crippen molar-refractivity contribution in [1.82, 2.24) is 9.88 Å². The molecule has 0 radical (unpaired) electrons. The van der Waals surface area contributed by atoms with E-state index in [9.17, 15) is 8.42 Å². The lowest BCUT2D eigenvalue weighted by atomic mass is 10.2. The van der Waals surface area contributed by atoms with Crippen LogP contribution in [0.4, 0.5) is 5.82 Å². The van der Waals surface area contributed by atoms with Crippen LogP contribution in [0.2, 0.25) is 0 Å². The van der Waals surface area contributed by atoms with Gasteiger partial charge in [-0.2, -0.15) is 9.98 Å². The normalized spacial score (nSPS) is 19.6. The average Bonchev–Trinajstić information content (AvgIpc) is 2.97. The average molecular weight is 411 g/mol. The molecule has 0 unspecified atom stereocenters. The van der Waals surface area contributed by atoms with E-state index in [1.165, 1.54) is 6.07 Å². The third-order valence-corrected chi connectivity index (χ3v) is 6.60. The number of nitrogens with zero attached hydrogens (tertiary/aromatic N) is 3. The maximum atomic E-state index is 12.6. The number of halogens is 1. The lowest BCUT2D eigenvalue weighted by molar-refractivity contribution is 0.455. The minimum Gasteiger partial charge on any atom is -0.353 e. The van der Waals surface area contributed by atoms with Crippen LogP contribution in [0.15, 0.2) is 26.0 Å². The Balaban J connectivity index is 1.79. The smallest absolute Gasteiger partial charge is 0.242 e. The van der Waals surface area contributed by atoms with Gasteiger partial charge in [-0.25, -0.2) is 8.42 Å². The zero-order valence-corrected chi connectivity index (χ0v) is 15.2. The molecule has 2 heterocycles. The summed E-state index contributed by atoms with van der Waals surface area (Å²) in [6, 6.07) is 5.09. The Bertz CT molecular complexity index is 953. The standard InChI is InChI=1S/C15H15BrN4O3S/c16-12-8-10(24(21,22)19-15(9-17)3-4-15)7-11-13(12)23-18-14(11)20-5-1-2-6-20/h7-8,19H,1-6H2. The van der Waals surface area contributed by atoms with Crippen LogP contribution in [0.1, 0.15) is 25.7 Å². The van der Waals surface area contributed by atoms with Crippen LogP contribution < -0.4 is 9.62 Å². The molecular weight excluding hydrogens is 396 g/mol. The SMILES string of the molecule is N#CC1(NS(=O)(=O)c2cc(Br)c3onc(N4CCCC4)c3c2)CC1. The van der Waals surface area contributed by atoms with Gasteiger partial charge in [0, 0.05) is 13.1 Å². The van der Waals surface area contributed by atoms with E-state index in [4.69, 9.17) is 9.78 Å². The second-order valence-corrected chi connectivity index (χ2v) is 8.82. The molecule has 0 bridgehead atoms. The van der Waals surface area contributed by atoms with Gasteiger partial charge < -0.3 is 9.42 Å². The van der Waals surface area contributed by atoms with Crippen molar-refractivity contribution in [1.29, 1.82) is 5.26 Å². The molecule has 126 valence electrons. The van der Waals surface area contributed by atoms with E-state index < -0.39 is 15.6 Å². The zero-order valence-electron chi connectivity index (χ0n) is 12.7. The van der Waals surface area contributed by atoms with Gasteiger partial charge in [0.05, 0.1) is 20.8 Å². The highest BCUT2D eigenvalue weighted by molar-refractivity contribution is 9.10. The lowest BCUT2D eigenvalue weighted by Gasteiger charge is -2.14. The quantitative estimate of drug-likeness (QED) is 0.830. The van der Waals surface area contributed by atoms with E-state index in [1.54, 1.807) is 6.07 Å². The minimum atomic E-state index is -3.79. The first kappa shape index (κ1) is 15.9. The summed E-state index contributed by atoms with van der Waals surface area (Å²) < 4.78 is 33.7. The number of nitrogens with one attached hydrogen (secondary N) is 1. The van der Waals surface area contributed by atoms with E-state index in [2.05, 4.69) is 30.7 Å². The molecule has 2 aromatic rings. The zero-order chi connectivity index (χ0) is 16.9. The highest BCUT2D eigenvalue weighted by atomic mass is 79.9. The Morgan fingerprint density at radius 1 is 1.33 bits per heavy atom. The topological polar surface area (TPSA) is 99.2 Å². The second kappa shape index (κ2) is 5.44. The monoisotopic (exact) mass is 410 g/mol. The van der Waals surface area contributed by atoms with E-state index in [-0.39, 0.29) is 4.90 Å². The maximum Gasteiger partial charge on any atom is 0.242 e. The molecule has 0 spiro atoms. The first-order valence-electron chi connectivity index (χ1n) is 7.73. The van der Waals surface area contributed by atoms with Crippen LogP contribution in [0.3, 0.4) is 0 Å². The first-order chi connectivity index (χ1) is 11.4. The number of rotatable bonds is 4. The molecule has 1 aromatic heterocycles. The fourth-order valence-corrected chi connectivity index (χ4v) is 5.07. The number of anilines is 1. The first-order valence-corrected chi connectivity index (χ1v) is 10.0. The summed E-state index contributed by atoms with van der Waals surface area (Å²) in [4.78, 5) is 2.20. The van der Waals surface area contributed by atoms with Crippen molar-refractivity contribution in [2.75, 3.05) is 18.0 Å². The van der Waals surface area contributed by atoms with Crippen molar-refractivity contribution in [3.63, 3.8) is 0 Å². The van der Waals surface area contributed by atoms with Gasteiger partial charge in [-0.1, -0.05) is 5.16 Å². The van der Waals surface area contributed by atoms with E-state index in [0.717, 1.165) is 25.9 Å². The van der Waals surface area contributed by atoms with E-state index in [0.29, 0.717) is 34.1 Å². The summed E-state index contributed by atoms with van der Waals surface area (Å²) in [5, 5.41) is 13.9. The Morgan fingerprint density at radius 3 is 2.67 bits per heavy atom. The highest BCUT2D eigenvalue weighted by Crippen LogP contribution is 2.38. The molecule has 2 aliphatic rings. The summed E-state index contributed by atoms with van der Waals surface area (Å²) >= 11 is 3.36. The van der Waals surface area contributed by atoms with Crippen LogP contribution in [-0.4, -0.2) is 32.2 Å². The number of benzene rings is 1. The molecule has 0 amide bonds.